The summed E-state index contributed by atoms with van der Waals surface area (Å²) in [5.74, 6) is 1.30. The monoisotopic (exact) mass is 347 g/mol. The Morgan fingerprint density at radius 3 is 2.96 bits per heavy atom. The molecule has 1 N–H and O–H groups in total. The second-order valence-corrected chi connectivity index (χ2v) is 6.99. The number of amides is 1. The van der Waals surface area contributed by atoms with Gasteiger partial charge in [0, 0.05) is 25.4 Å². The molecule has 2 aromatic heterocycles. The quantitative estimate of drug-likeness (QED) is 0.812. The maximum absolute atomic E-state index is 12.3. The molecule has 2 aliphatic heterocycles. The van der Waals surface area contributed by atoms with Crippen LogP contribution in [0.1, 0.15) is 13.3 Å². The highest BCUT2D eigenvalue weighted by Gasteiger charge is 2.37. The zero-order chi connectivity index (χ0) is 16.7. The summed E-state index contributed by atoms with van der Waals surface area (Å²) in [6.45, 7) is 3.78. The average molecular weight is 347 g/mol. The molecule has 2 fully saturated rings. The predicted octanol–water partition coefficient (Wildman–Crippen LogP) is -0.174. The molecular weight excluding hydrogens is 330 g/mol. The molecule has 2 saturated heterocycles. The number of aromatic nitrogens is 5. The molecule has 0 aromatic carbocycles. The van der Waals surface area contributed by atoms with Crippen molar-refractivity contribution < 1.29 is 9.59 Å². The second-order valence-electron chi connectivity index (χ2n) is 5.89. The van der Waals surface area contributed by atoms with Gasteiger partial charge in [0.05, 0.1) is 12.0 Å². The number of aryl methyl sites for hydroxylation is 1. The molecule has 1 atom stereocenters. The van der Waals surface area contributed by atoms with Gasteiger partial charge in [0.25, 0.3) is 0 Å². The lowest BCUT2D eigenvalue weighted by Gasteiger charge is -2.39. The van der Waals surface area contributed by atoms with Crippen LogP contribution in [0.4, 0.5) is 5.82 Å². The summed E-state index contributed by atoms with van der Waals surface area (Å²) in [4.78, 5) is 34.4. The Labute approximate surface area is 142 Å². The highest BCUT2D eigenvalue weighted by atomic mass is 32.2. The van der Waals surface area contributed by atoms with Crippen molar-refractivity contribution in [3.8, 4) is 0 Å². The normalized spacial score (nSPS) is 21.3. The fraction of sp³-hybridized carbons (Fsp3) is 0.571. The van der Waals surface area contributed by atoms with Gasteiger partial charge in [-0.05, 0) is 13.3 Å². The molecule has 0 saturated carbocycles. The molecule has 0 radical (unpaired) electrons. The molecule has 4 rings (SSSR count). The number of anilines is 1. The van der Waals surface area contributed by atoms with Crippen LogP contribution in [0.15, 0.2) is 6.33 Å². The lowest BCUT2D eigenvalue weighted by atomic mass is 9.98. The van der Waals surface area contributed by atoms with E-state index in [1.807, 2.05) is 11.8 Å². The summed E-state index contributed by atoms with van der Waals surface area (Å²) < 4.78 is 1.72. The van der Waals surface area contributed by atoms with Crippen LogP contribution in [0.25, 0.3) is 11.2 Å². The molecule has 126 valence electrons. The third kappa shape index (κ3) is 2.50. The minimum Gasteiger partial charge on any atom is -0.353 e. The molecule has 0 unspecified atom stereocenters. The Morgan fingerprint density at radius 1 is 1.42 bits per heavy atom. The highest BCUT2D eigenvalue weighted by Crippen LogP contribution is 2.28. The average Bonchev–Trinajstić information content (AvgIpc) is 3.13. The van der Waals surface area contributed by atoms with E-state index < -0.39 is 0 Å². The first-order chi connectivity index (χ1) is 11.7. The van der Waals surface area contributed by atoms with Crippen LogP contribution >= 0.6 is 11.8 Å². The van der Waals surface area contributed by atoms with Gasteiger partial charge in [0.2, 0.25) is 11.0 Å². The van der Waals surface area contributed by atoms with Gasteiger partial charge in [-0.25, -0.2) is 14.6 Å². The third-order valence-electron chi connectivity index (χ3n) is 4.38. The minimum absolute atomic E-state index is 0.0605. The molecule has 2 aliphatic rings. The maximum Gasteiger partial charge on any atom is 0.227 e. The first-order valence-corrected chi connectivity index (χ1v) is 8.92. The van der Waals surface area contributed by atoms with Crippen LogP contribution in [0.5, 0.6) is 0 Å². The third-order valence-corrected chi connectivity index (χ3v) is 5.39. The van der Waals surface area contributed by atoms with E-state index in [1.54, 1.807) is 4.68 Å². The van der Waals surface area contributed by atoms with Crippen molar-refractivity contribution in [2.45, 2.75) is 25.9 Å². The Hall–Kier alpha value is -2.23. The Morgan fingerprint density at radius 2 is 2.25 bits per heavy atom. The van der Waals surface area contributed by atoms with Gasteiger partial charge in [-0.3, -0.25) is 9.59 Å². The molecule has 1 amide bonds. The molecule has 0 bridgehead atoms. The number of rotatable bonds is 4. The van der Waals surface area contributed by atoms with Crippen molar-refractivity contribution >= 4 is 39.8 Å². The van der Waals surface area contributed by atoms with Gasteiger partial charge in [0.1, 0.15) is 6.33 Å². The van der Waals surface area contributed by atoms with Crippen molar-refractivity contribution in [1.82, 2.24) is 30.3 Å². The fourth-order valence-corrected chi connectivity index (χ4v) is 3.89. The first-order valence-electron chi connectivity index (χ1n) is 7.93. The van der Waals surface area contributed by atoms with E-state index in [9.17, 15) is 9.59 Å². The number of carbonyl (C=O) groups is 2. The van der Waals surface area contributed by atoms with Gasteiger partial charge in [-0.1, -0.05) is 17.0 Å². The van der Waals surface area contributed by atoms with Gasteiger partial charge < -0.3 is 10.2 Å². The summed E-state index contributed by atoms with van der Waals surface area (Å²) >= 11 is 1.29. The number of hydrogen-bond donors (Lipinski definition) is 1. The smallest absolute Gasteiger partial charge is 0.227 e. The van der Waals surface area contributed by atoms with E-state index in [4.69, 9.17) is 0 Å². The minimum atomic E-state index is -0.327. The second kappa shape index (κ2) is 6.00. The summed E-state index contributed by atoms with van der Waals surface area (Å²) in [6, 6.07) is -0.327. The van der Waals surface area contributed by atoms with E-state index in [0.717, 1.165) is 12.2 Å². The van der Waals surface area contributed by atoms with Crippen molar-refractivity contribution in [3.05, 3.63) is 6.33 Å². The largest absolute Gasteiger partial charge is 0.353 e. The summed E-state index contributed by atoms with van der Waals surface area (Å²) in [5, 5.41) is 11.1. The van der Waals surface area contributed by atoms with E-state index in [2.05, 4.69) is 25.6 Å². The lowest BCUT2D eigenvalue weighted by Crippen LogP contribution is -2.56. The molecule has 9 nitrogen and oxygen atoms in total. The summed E-state index contributed by atoms with van der Waals surface area (Å²) in [7, 11) is 0. The number of hydrogen-bond acceptors (Lipinski definition) is 8. The van der Waals surface area contributed by atoms with Crippen LogP contribution in [0, 0.1) is 5.92 Å². The lowest BCUT2D eigenvalue weighted by molar-refractivity contribution is -0.128. The highest BCUT2D eigenvalue weighted by molar-refractivity contribution is 8.14. The zero-order valence-corrected chi connectivity index (χ0v) is 14.0. The first kappa shape index (κ1) is 15.3. The summed E-state index contributed by atoms with van der Waals surface area (Å²) in [6.07, 6.45) is 2.22. The zero-order valence-electron chi connectivity index (χ0n) is 13.2. The van der Waals surface area contributed by atoms with Crippen molar-refractivity contribution in [2.24, 2.45) is 5.92 Å². The van der Waals surface area contributed by atoms with E-state index >= 15 is 0 Å². The van der Waals surface area contributed by atoms with Crippen molar-refractivity contribution in [1.29, 1.82) is 0 Å². The van der Waals surface area contributed by atoms with Crippen LogP contribution in [0.2, 0.25) is 0 Å². The number of fused-ring (bicyclic) bond motifs is 1. The molecule has 0 spiro atoms. The fourth-order valence-electron chi connectivity index (χ4n) is 2.96. The number of nitrogens with zero attached hydrogens (tertiary/aromatic N) is 6. The number of thioether (sulfide) groups is 1. The predicted molar refractivity (Wildman–Crippen MR) is 88.5 cm³/mol. The Bertz CT molecular complexity index is 802. The molecule has 24 heavy (non-hydrogen) atoms. The van der Waals surface area contributed by atoms with Gasteiger partial charge in [0.15, 0.2) is 17.0 Å². The SMILES string of the molecule is CCn1nnc2c(N3CC(C(=O)N[C@H]4CCSC4=O)C3)ncnc21. The molecule has 4 heterocycles. The summed E-state index contributed by atoms with van der Waals surface area (Å²) in [5.41, 5.74) is 1.35. The molecular formula is C14H17N7O2S. The van der Waals surface area contributed by atoms with Crippen LogP contribution in [0.3, 0.4) is 0 Å². The van der Waals surface area contributed by atoms with Crippen LogP contribution < -0.4 is 10.2 Å². The van der Waals surface area contributed by atoms with E-state index in [0.29, 0.717) is 36.6 Å². The topological polar surface area (TPSA) is 106 Å². The number of nitrogens with one attached hydrogen (secondary N) is 1. The molecule has 2 aromatic rings. The Kier molecular flexibility index (Phi) is 3.83. The Balaban J connectivity index is 1.43. The van der Waals surface area contributed by atoms with Gasteiger partial charge >= 0.3 is 0 Å². The van der Waals surface area contributed by atoms with Crippen molar-refractivity contribution in [2.75, 3.05) is 23.7 Å². The van der Waals surface area contributed by atoms with E-state index in [1.165, 1.54) is 18.1 Å². The maximum atomic E-state index is 12.3. The molecule has 0 aliphatic carbocycles. The van der Waals surface area contributed by atoms with Gasteiger partial charge in [-0.2, -0.15) is 0 Å². The van der Waals surface area contributed by atoms with Gasteiger partial charge in [-0.15, -0.1) is 5.10 Å². The standard InChI is InChI=1S/C14H17N7O2S/c1-2-21-12-10(18-19-21)11(15-7-16-12)20-5-8(6-20)13(22)17-9-3-4-24-14(9)23/h7-9H,2-6H2,1H3,(H,17,22)/t9-/m0/s1. The molecule has 10 heteroatoms. The van der Waals surface area contributed by atoms with Crippen LogP contribution in [-0.4, -0.2) is 60.9 Å². The number of carbonyl (C=O) groups excluding carboxylic acids is 2. The van der Waals surface area contributed by atoms with E-state index in [-0.39, 0.29) is 23.0 Å². The van der Waals surface area contributed by atoms with Crippen LogP contribution in [-0.2, 0) is 16.1 Å². The van der Waals surface area contributed by atoms with Crippen molar-refractivity contribution in [3.63, 3.8) is 0 Å².